The Morgan fingerprint density at radius 2 is 1.92 bits per heavy atom. The van der Waals surface area contributed by atoms with Crippen molar-refractivity contribution in [1.82, 2.24) is 10.2 Å². The predicted molar refractivity (Wildman–Crippen MR) is 103 cm³/mol. The molecule has 142 valence electrons. The number of rotatable bonds is 5. The third-order valence-corrected chi connectivity index (χ3v) is 6.94. The fraction of sp³-hybridized carbons (Fsp3) is 0.682. The average Bonchev–Trinajstić information content (AvgIpc) is 2.70. The quantitative estimate of drug-likeness (QED) is 0.878. The SMILES string of the molecule is Cc1cccc(C(CNC(=O)C23CCC(CC2)CC3)N2CCOCC2)c1. The van der Waals surface area contributed by atoms with Gasteiger partial charge in [-0.1, -0.05) is 29.8 Å². The number of hydrogen-bond acceptors (Lipinski definition) is 3. The zero-order valence-electron chi connectivity index (χ0n) is 16.0. The highest BCUT2D eigenvalue weighted by molar-refractivity contribution is 5.83. The normalized spacial score (nSPS) is 30.1. The molecule has 4 nitrogen and oxygen atoms in total. The minimum absolute atomic E-state index is 0.0725. The van der Waals surface area contributed by atoms with Crippen LogP contribution in [0.1, 0.15) is 55.7 Å². The van der Waals surface area contributed by atoms with E-state index in [2.05, 4.69) is 41.4 Å². The number of nitrogens with one attached hydrogen (secondary N) is 1. The third-order valence-electron chi connectivity index (χ3n) is 6.94. The number of fused-ring (bicyclic) bond motifs is 3. The maximum absolute atomic E-state index is 13.1. The summed E-state index contributed by atoms with van der Waals surface area (Å²) >= 11 is 0. The van der Waals surface area contributed by atoms with Gasteiger partial charge in [-0.2, -0.15) is 0 Å². The fourth-order valence-corrected chi connectivity index (χ4v) is 5.19. The number of ether oxygens (including phenoxy) is 1. The molecule has 3 saturated carbocycles. The second-order valence-corrected chi connectivity index (χ2v) is 8.55. The van der Waals surface area contributed by atoms with Gasteiger partial charge < -0.3 is 10.1 Å². The Morgan fingerprint density at radius 1 is 1.23 bits per heavy atom. The molecule has 1 heterocycles. The van der Waals surface area contributed by atoms with Crippen molar-refractivity contribution >= 4 is 5.91 Å². The number of aryl methyl sites for hydroxylation is 1. The molecule has 1 atom stereocenters. The van der Waals surface area contributed by atoms with E-state index in [1.165, 1.54) is 30.4 Å². The van der Waals surface area contributed by atoms with Crippen molar-refractivity contribution in [2.45, 2.75) is 51.5 Å². The smallest absolute Gasteiger partial charge is 0.226 e. The van der Waals surface area contributed by atoms with Gasteiger partial charge in [0.25, 0.3) is 0 Å². The maximum atomic E-state index is 13.1. The molecule has 0 radical (unpaired) electrons. The predicted octanol–water partition coefficient (Wildman–Crippen LogP) is 3.45. The minimum Gasteiger partial charge on any atom is -0.379 e. The molecule has 4 fully saturated rings. The lowest BCUT2D eigenvalue weighted by molar-refractivity contribution is -0.137. The molecule has 1 aromatic rings. The molecular weight excluding hydrogens is 324 g/mol. The minimum atomic E-state index is -0.0725. The van der Waals surface area contributed by atoms with Crippen molar-refractivity contribution < 1.29 is 9.53 Å². The average molecular weight is 357 g/mol. The molecule has 1 saturated heterocycles. The van der Waals surface area contributed by atoms with E-state index in [9.17, 15) is 4.79 Å². The summed E-state index contributed by atoms with van der Waals surface area (Å²) in [6.07, 6.45) is 7.02. The van der Waals surface area contributed by atoms with Crippen LogP contribution in [0.5, 0.6) is 0 Å². The Balaban J connectivity index is 1.46. The third kappa shape index (κ3) is 3.67. The first-order valence-electron chi connectivity index (χ1n) is 10.3. The summed E-state index contributed by atoms with van der Waals surface area (Å²) in [7, 11) is 0. The van der Waals surface area contributed by atoms with Gasteiger partial charge in [0, 0.05) is 25.0 Å². The highest BCUT2D eigenvalue weighted by Gasteiger charge is 2.45. The number of morpholine rings is 1. The molecule has 5 rings (SSSR count). The van der Waals surface area contributed by atoms with Gasteiger partial charge in [0.1, 0.15) is 0 Å². The van der Waals surface area contributed by atoms with Crippen LogP contribution in [0.4, 0.5) is 0 Å². The van der Waals surface area contributed by atoms with Crippen LogP contribution in [-0.4, -0.2) is 43.7 Å². The van der Waals surface area contributed by atoms with Crippen molar-refractivity contribution in [1.29, 1.82) is 0 Å². The molecule has 26 heavy (non-hydrogen) atoms. The van der Waals surface area contributed by atoms with Gasteiger partial charge in [0.2, 0.25) is 5.91 Å². The zero-order valence-corrected chi connectivity index (χ0v) is 16.0. The van der Waals surface area contributed by atoms with E-state index in [1.54, 1.807) is 0 Å². The van der Waals surface area contributed by atoms with Crippen molar-refractivity contribution in [3.8, 4) is 0 Å². The first kappa shape index (κ1) is 18.0. The Bertz CT molecular complexity index is 617. The number of carbonyl (C=O) groups is 1. The summed E-state index contributed by atoms with van der Waals surface area (Å²) in [5, 5.41) is 3.36. The molecule has 0 spiro atoms. The van der Waals surface area contributed by atoms with Gasteiger partial charge >= 0.3 is 0 Å². The fourth-order valence-electron chi connectivity index (χ4n) is 5.19. The number of hydrogen-bond donors (Lipinski definition) is 1. The second kappa shape index (κ2) is 7.69. The summed E-state index contributed by atoms with van der Waals surface area (Å²) < 4.78 is 5.54. The van der Waals surface area contributed by atoms with E-state index in [4.69, 9.17) is 4.74 Å². The standard InChI is InChI=1S/C22H32N2O2/c1-17-3-2-4-19(15-17)20(24-11-13-26-14-12-24)16-23-21(25)22-8-5-18(6-9-22)7-10-22/h2-4,15,18,20H,5-14,16H2,1H3,(H,23,25). The van der Waals surface area contributed by atoms with Gasteiger partial charge in [0.15, 0.2) is 0 Å². The molecule has 1 aliphatic heterocycles. The molecule has 2 bridgehead atoms. The van der Waals surface area contributed by atoms with Gasteiger partial charge in [-0.05, 0) is 56.9 Å². The first-order valence-corrected chi connectivity index (χ1v) is 10.3. The van der Waals surface area contributed by atoms with Crippen molar-refractivity contribution in [3.63, 3.8) is 0 Å². The van der Waals surface area contributed by atoms with Crippen LogP contribution in [-0.2, 0) is 9.53 Å². The van der Waals surface area contributed by atoms with Crippen LogP contribution in [0.3, 0.4) is 0 Å². The molecule has 1 aromatic carbocycles. The number of amides is 1. The first-order chi connectivity index (χ1) is 12.7. The van der Waals surface area contributed by atoms with Gasteiger partial charge in [0.05, 0.1) is 19.3 Å². The Labute approximate surface area is 157 Å². The highest BCUT2D eigenvalue weighted by Crippen LogP contribution is 2.50. The van der Waals surface area contributed by atoms with Crippen LogP contribution in [0, 0.1) is 18.3 Å². The zero-order chi connectivity index (χ0) is 18.0. The number of carbonyl (C=O) groups excluding carboxylic acids is 1. The van der Waals surface area contributed by atoms with Crippen LogP contribution in [0.2, 0.25) is 0 Å². The molecule has 4 heteroatoms. The number of benzene rings is 1. The van der Waals surface area contributed by atoms with Crippen molar-refractivity contribution in [2.24, 2.45) is 11.3 Å². The lowest BCUT2D eigenvalue weighted by Gasteiger charge is -2.45. The summed E-state index contributed by atoms with van der Waals surface area (Å²) in [5.74, 6) is 1.19. The molecular formula is C22H32N2O2. The van der Waals surface area contributed by atoms with E-state index in [0.29, 0.717) is 12.5 Å². The van der Waals surface area contributed by atoms with Crippen LogP contribution < -0.4 is 5.32 Å². The van der Waals surface area contributed by atoms with Crippen LogP contribution >= 0.6 is 0 Å². The van der Waals surface area contributed by atoms with Gasteiger partial charge in [-0.25, -0.2) is 0 Å². The lowest BCUT2D eigenvalue weighted by Crippen LogP contribution is -2.49. The topological polar surface area (TPSA) is 41.6 Å². The van der Waals surface area contributed by atoms with Crippen molar-refractivity contribution in [3.05, 3.63) is 35.4 Å². The summed E-state index contributed by atoms with van der Waals surface area (Å²) in [6.45, 7) is 6.26. The largest absolute Gasteiger partial charge is 0.379 e. The monoisotopic (exact) mass is 356 g/mol. The highest BCUT2D eigenvalue weighted by atomic mass is 16.5. The second-order valence-electron chi connectivity index (χ2n) is 8.55. The van der Waals surface area contributed by atoms with Gasteiger partial charge in [-0.15, -0.1) is 0 Å². The lowest BCUT2D eigenvalue weighted by atomic mass is 9.60. The Kier molecular flexibility index (Phi) is 5.32. The van der Waals surface area contributed by atoms with E-state index >= 15 is 0 Å². The molecule has 1 amide bonds. The van der Waals surface area contributed by atoms with E-state index < -0.39 is 0 Å². The Hall–Kier alpha value is -1.39. The Morgan fingerprint density at radius 3 is 2.58 bits per heavy atom. The van der Waals surface area contributed by atoms with E-state index in [-0.39, 0.29) is 11.5 Å². The molecule has 1 unspecified atom stereocenters. The molecule has 0 aromatic heterocycles. The molecule has 3 aliphatic carbocycles. The molecule has 4 aliphatic rings. The molecule has 1 N–H and O–H groups in total. The summed E-state index contributed by atoms with van der Waals surface area (Å²) in [5.41, 5.74) is 2.50. The maximum Gasteiger partial charge on any atom is 0.226 e. The van der Waals surface area contributed by atoms with Gasteiger partial charge in [-0.3, -0.25) is 9.69 Å². The van der Waals surface area contributed by atoms with Crippen molar-refractivity contribution in [2.75, 3.05) is 32.8 Å². The number of nitrogens with zero attached hydrogens (tertiary/aromatic N) is 1. The summed E-state index contributed by atoms with van der Waals surface area (Å²) in [4.78, 5) is 15.6. The van der Waals surface area contributed by atoms with Crippen LogP contribution in [0.25, 0.3) is 0 Å². The van der Waals surface area contributed by atoms with Crippen LogP contribution in [0.15, 0.2) is 24.3 Å². The summed E-state index contributed by atoms with van der Waals surface area (Å²) in [6, 6.07) is 8.96. The van der Waals surface area contributed by atoms with E-state index in [0.717, 1.165) is 51.5 Å². The van der Waals surface area contributed by atoms with E-state index in [1.807, 2.05) is 0 Å².